The summed E-state index contributed by atoms with van der Waals surface area (Å²) in [5.74, 6) is 1.02. The molecule has 1 aromatic heterocycles. The van der Waals surface area contributed by atoms with Crippen LogP contribution in [0.3, 0.4) is 0 Å². The van der Waals surface area contributed by atoms with E-state index in [-0.39, 0.29) is 11.2 Å². The highest BCUT2D eigenvalue weighted by atomic mass is 16.6. The minimum Gasteiger partial charge on any atom is -0.336 e. The summed E-state index contributed by atoms with van der Waals surface area (Å²) in [5.41, 5.74) is 0.143. The van der Waals surface area contributed by atoms with E-state index in [9.17, 15) is 0 Å². The Balaban J connectivity index is 2.90. The van der Waals surface area contributed by atoms with E-state index in [0.717, 1.165) is 12.2 Å². The van der Waals surface area contributed by atoms with Gasteiger partial charge < -0.3 is 4.79 Å². The summed E-state index contributed by atoms with van der Waals surface area (Å²) in [5, 5.41) is 0. The Bertz CT molecular complexity index is 311. The largest absolute Gasteiger partial charge is 0.724 e. The molecule has 0 saturated carbocycles. The third-order valence-corrected chi connectivity index (χ3v) is 1.53. The molecule has 0 aliphatic rings. The first-order chi connectivity index (χ1) is 5.38. The number of aryl methyl sites for hydroxylation is 1. The van der Waals surface area contributed by atoms with Crippen molar-refractivity contribution in [3.63, 3.8) is 0 Å². The van der Waals surface area contributed by atoms with Crippen LogP contribution in [0.2, 0.25) is 0 Å². The summed E-state index contributed by atoms with van der Waals surface area (Å²) in [4.78, 5) is 8.90. The van der Waals surface area contributed by atoms with Crippen LogP contribution < -0.4 is 5.82 Å². The van der Waals surface area contributed by atoms with Gasteiger partial charge in [0.05, 0.1) is 0 Å². The maximum absolute atomic E-state index is 8.90. The zero-order valence-electron chi connectivity index (χ0n) is 7.97. The standard InChI is InChI=1S/C9H14O3/c1-6-7(5-9(2,3)4)12-8(10)11-6/h5H2,1-4H3/p+1. The molecule has 1 N–H and O–H groups in total. The molecule has 0 unspecified atom stereocenters. The van der Waals surface area contributed by atoms with Crippen molar-refractivity contribution >= 4 is 0 Å². The van der Waals surface area contributed by atoms with E-state index in [1.165, 1.54) is 0 Å². The Hall–Kier alpha value is -0.990. The Morgan fingerprint density at radius 3 is 2.17 bits per heavy atom. The third-order valence-electron chi connectivity index (χ3n) is 1.53. The van der Waals surface area contributed by atoms with Gasteiger partial charge in [-0.3, -0.25) is 8.83 Å². The van der Waals surface area contributed by atoms with Gasteiger partial charge in [0.1, 0.15) is 0 Å². The molecule has 12 heavy (non-hydrogen) atoms. The molecule has 1 aromatic rings. The molecule has 3 nitrogen and oxygen atoms in total. The van der Waals surface area contributed by atoms with Gasteiger partial charge in [0.15, 0.2) is 0 Å². The predicted octanol–water partition coefficient (Wildman–Crippen LogP) is 1.77. The maximum atomic E-state index is 8.90. The van der Waals surface area contributed by atoms with Gasteiger partial charge in [0, 0.05) is 13.3 Å². The molecule has 1 heterocycles. The van der Waals surface area contributed by atoms with Crippen molar-refractivity contribution in [2.75, 3.05) is 0 Å². The molecular weight excluding hydrogens is 156 g/mol. The van der Waals surface area contributed by atoms with Gasteiger partial charge in [0.25, 0.3) is 5.76 Å². The van der Waals surface area contributed by atoms with Gasteiger partial charge in [-0.1, -0.05) is 20.8 Å². The van der Waals surface area contributed by atoms with E-state index >= 15 is 0 Å². The third kappa shape index (κ3) is 2.26. The molecule has 0 spiro atoms. The molecule has 0 aromatic carbocycles. The van der Waals surface area contributed by atoms with Gasteiger partial charge in [-0.25, -0.2) is 0 Å². The second-order valence-corrected chi connectivity index (χ2v) is 4.19. The molecule has 0 amide bonds. The lowest BCUT2D eigenvalue weighted by Crippen LogP contribution is -2.09. The fraction of sp³-hybridized carbons (Fsp3) is 0.667. The van der Waals surface area contributed by atoms with Gasteiger partial charge >= 0.3 is 5.82 Å². The fourth-order valence-corrected chi connectivity index (χ4v) is 1.03. The molecule has 0 radical (unpaired) electrons. The first-order valence-corrected chi connectivity index (χ1v) is 4.00. The lowest BCUT2D eigenvalue weighted by Gasteiger charge is -2.13. The first kappa shape index (κ1) is 9.10. The lowest BCUT2D eigenvalue weighted by molar-refractivity contribution is 0.235. The fourth-order valence-electron chi connectivity index (χ4n) is 1.03. The Kier molecular flexibility index (Phi) is 2.13. The van der Waals surface area contributed by atoms with Crippen molar-refractivity contribution in [3.8, 4) is 0 Å². The van der Waals surface area contributed by atoms with Crippen LogP contribution in [0.25, 0.3) is 0 Å². The number of rotatable bonds is 1. The zero-order chi connectivity index (χ0) is 9.35. The molecule has 1 rings (SSSR count). The average molecular weight is 171 g/mol. The van der Waals surface area contributed by atoms with Crippen LogP contribution >= 0.6 is 0 Å². The molecule has 0 aliphatic carbocycles. The van der Waals surface area contributed by atoms with Crippen LogP contribution in [0, 0.1) is 12.3 Å². The minimum atomic E-state index is -0.355. The summed E-state index contributed by atoms with van der Waals surface area (Å²) in [6, 6.07) is 0. The summed E-state index contributed by atoms with van der Waals surface area (Å²) in [6.45, 7) is 8.09. The number of hydrogen-bond acceptors (Lipinski definition) is 2. The summed E-state index contributed by atoms with van der Waals surface area (Å²) in [7, 11) is 0. The Morgan fingerprint density at radius 1 is 1.25 bits per heavy atom. The second-order valence-electron chi connectivity index (χ2n) is 4.19. The first-order valence-electron chi connectivity index (χ1n) is 4.00. The second kappa shape index (κ2) is 2.81. The smallest absolute Gasteiger partial charge is 0.336 e. The summed E-state index contributed by atoms with van der Waals surface area (Å²) >= 11 is 0. The van der Waals surface area contributed by atoms with E-state index in [1.807, 2.05) is 0 Å². The van der Waals surface area contributed by atoms with E-state index in [0.29, 0.717) is 5.76 Å². The van der Waals surface area contributed by atoms with Crippen LogP contribution in [0.1, 0.15) is 32.3 Å². The minimum absolute atomic E-state index is 0.143. The topological polar surface area (TPSA) is 47.7 Å². The van der Waals surface area contributed by atoms with Crippen molar-refractivity contribution in [1.82, 2.24) is 0 Å². The lowest BCUT2D eigenvalue weighted by atomic mass is 9.91. The Morgan fingerprint density at radius 2 is 1.83 bits per heavy atom. The predicted molar refractivity (Wildman–Crippen MR) is 43.9 cm³/mol. The SMILES string of the molecule is Cc1oc(=[OH+])oc1CC(C)(C)C. The summed E-state index contributed by atoms with van der Waals surface area (Å²) < 4.78 is 9.83. The van der Waals surface area contributed by atoms with Crippen molar-refractivity contribution in [1.29, 1.82) is 0 Å². The molecule has 68 valence electrons. The van der Waals surface area contributed by atoms with Crippen molar-refractivity contribution in [3.05, 3.63) is 17.3 Å². The molecule has 0 bridgehead atoms. The van der Waals surface area contributed by atoms with Crippen molar-refractivity contribution in [2.45, 2.75) is 34.1 Å². The van der Waals surface area contributed by atoms with Gasteiger partial charge in [-0.2, -0.15) is 0 Å². The van der Waals surface area contributed by atoms with E-state index in [4.69, 9.17) is 13.6 Å². The van der Waals surface area contributed by atoms with Crippen LogP contribution in [0.4, 0.5) is 0 Å². The van der Waals surface area contributed by atoms with E-state index < -0.39 is 0 Å². The van der Waals surface area contributed by atoms with Crippen LogP contribution in [0.5, 0.6) is 0 Å². The van der Waals surface area contributed by atoms with Crippen LogP contribution in [-0.4, -0.2) is 4.79 Å². The molecule has 3 heteroatoms. The Labute approximate surface area is 71.4 Å². The van der Waals surface area contributed by atoms with Crippen LogP contribution in [-0.2, 0) is 6.42 Å². The van der Waals surface area contributed by atoms with Crippen molar-refractivity contribution < 1.29 is 13.6 Å². The molecule has 0 saturated heterocycles. The molecule has 0 fully saturated rings. The zero-order valence-corrected chi connectivity index (χ0v) is 7.97. The summed E-state index contributed by atoms with van der Waals surface area (Å²) in [6.07, 6.45) is 0.767. The van der Waals surface area contributed by atoms with Gasteiger partial charge in [0.2, 0.25) is 5.76 Å². The normalized spacial score (nSPS) is 12.0. The molecular formula is C9H15O3+. The molecule has 0 aliphatic heterocycles. The highest BCUT2D eigenvalue weighted by molar-refractivity contribution is 5.02. The van der Waals surface area contributed by atoms with E-state index in [1.54, 1.807) is 6.92 Å². The maximum Gasteiger partial charge on any atom is 0.724 e. The average Bonchev–Trinajstić information content (AvgIpc) is 2.06. The van der Waals surface area contributed by atoms with Gasteiger partial charge in [-0.05, 0) is 5.41 Å². The highest BCUT2D eigenvalue weighted by Crippen LogP contribution is 2.21. The quantitative estimate of drug-likeness (QED) is 0.604. The van der Waals surface area contributed by atoms with E-state index in [2.05, 4.69) is 20.8 Å². The van der Waals surface area contributed by atoms with Crippen molar-refractivity contribution in [2.24, 2.45) is 5.41 Å². The number of hydrogen-bond donors (Lipinski definition) is 0. The monoisotopic (exact) mass is 171 g/mol. The highest BCUT2D eigenvalue weighted by Gasteiger charge is 2.23. The van der Waals surface area contributed by atoms with Gasteiger partial charge in [-0.15, -0.1) is 0 Å². The van der Waals surface area contributed by atoms with Crippen LogP contribution in [0.15, 0.2) is 8.83 Å². The molecule has 0 atom stereocenters.